The largest absolute Gasteiger partial charge is 0.416 e. The molecule has 0 radical (unpaired) electrons. The maximum absolute atomic E-state index is 12.4. The molecule has 2 atom stereocenters. The summed E-state index contributed by atoms with van der Waals surface area (Å²) in [5.41, 5.74) is 6.14. The van der Waals surface area contributed by atoms with Crippen LogP contribution in [0, 0.1) is 5.92 Å². The molecule has 1 nitrogen and oxygen atoms in total. The number of alkyl halides is 3. The van der Waals surface area contributed by atoms with E-state index in [4.69, 9.17) is 5.73 Å². The molecular weight excluding hydrogens is 227 g/mol. The Bertz CT molecular complexity index is 408. The van der Waals surface area contributed by atoms with Gasteiger partial charge < -0.3 is 5.73 Å². The predicted molar refractivity (Wildman–Crippen MR) is 60.6 cm³/mol. The van der Waals surface area contributed by atoms with Crippen molar-refractivity contribution in [1.82, 2.24) is 0 Å². The van der Waals surface area contributed by atoms with Crippen LogP contribution in [0.15, 0.2) is 24.3 Å². The van der Waals surface area contributed by atoms with Crippen molar-refractivity contribution in [1.29, 1.82) is 0 Å². The van der Waals surface area contributed by atoms with E-state index in [0.717, 1.165) is 24.1 Å². The van der Waals surface area contributed by atoms with Crippen molar-refractivity contribution in [2.45, 2.75) is 37.9 Å². The van der Waals surface area contributed by atoms with E-state index in [1.54, 1.807) is 12.1 Å². The van der Waals surface area contributed by atoms with Crippen LogP contribution in [0.5, 0.6) is 0 Å². The summed E-state index contributed by atoms with van der Waals surface area (Å²) in [5.74, 6) is 0.342. The molecule has 2 N–H and O–H groups in total. The Balaban J connectivity index is 2.31. The number of benzene rings is 1. The van der Waals surface area contributed by atoms with Crippen LogP contribution in [0.3, 0.4) is 0 Å². The molecule has 1 unspecified atom stereocenters. The normalized spacial score (nSPS) is 28.5. The average molecular weight is 243 g/mol. The summed E-state index contributed by atoms with van der Waals surface area (Å²) < 4.78 is 37.3. The lowest BCUT2D eigenvalue weighted by molar-refractivity contribution is -0.137. The maximum Gasteiger partial charge on any atom is 0.416 e. The van der Waals surface area contributed by atoms with Gasteiger partial charge in [-0.3, -0.25) is 0 Å². The summed E-state index contributed by atoms with van der Waals surface area (Å²) in [6.07, 6.45) is -3.41. The SMILES string of the molecule is CC(C)C1(c2ccc(C(F)(F)F)cc2)C[C@H]1N. The van der Waals surface area contributed by atoms with Crippen molar-refractivity contribution in [3.05, 3.63) is 35.4 Å². The Labute approximate surface area is 98.8 Å². The summed E-state index contributed by atoms with van der Waals surface area (Å²) >= 11 is 0. The van der Waals surface area contributed by atoms with Crippen molar-refractivity contribution in [2.24, 2.45) is 11.7 Å². The molecule has 1 aromatic carbocycles. The van der Waals surface area contributed by atoms with Crippen molar-refractivity contribution >= 4 is 0 Å². The van der Waals surface area contributed by atoms with E-state index >= 15 is 0 Å². The Kier molecular flexibility index (Phi) is 2.73. The highest BCUT2D eigenvalue weighted by Crippen LogP contribution is 2.52. The maximum atomic E-state index is 12.4. The van der Waals surface area contributed by atoms with E-state index in [1.165, 1.54) is 0 Å². The highest BCUT2D eigenvalue weighted by molar-refractivity contribution is 5.39. The van der Waals surface area contributed by atoms with Gasteiger partial charge in [-0.25, -0.2) is 0 Å². The lowest BCUT2D eigenvalue weighted by atomic mass is 9.84. The zero-order valence-corrected chi connectivity index (χ0v) is 9.88. The second kappa shape index (κ2) is 3.73. The third kappa shape index (κ3) is 1.95. The molecule has 17 heavy (non-hydrogen) atoms. The van der Waals surface area contributed by atoms with Crippen molar-refractivity contribution in [3.8, 4) is 0 Å². The molecule has 0 saturated heterocycles. The van der Waals surface area contributed by atoms with Crippen LogP contribution in [-0.4, -0.2) is 6.04 Å². The van der Waals surface area contributed by atoms with E-state index in [2.05, 4.69) is 13.8 Å². The summed E-state index contributed by atoms with van der Waals surface area (Å²) in [6.45, 7) is 4.12. The standard InChI is InChI=1S/C13H16F3N/c1-8(2)12(7-11(12)17)9-3-5-10(6-4-9)13(14,15)16/h3-6,8,11H,7,17H2,1-2H3/t11-,12?/m1/s1. The van der Waals surface area contributed by atoms with Crippen LogP contribution in [-0.2, 0) is 11.6 Å². The van der Waals surface area contributed by atoms with Gasteiger partial charge in [0.15, 0.2) is 0 Å². The number of halogens is 3. The van der Waals surface area contributed by atoms with E-state index < -0.39 is 11.7 Å². The van der Waals surface area contributed by atoms with E-state index in [9.17, 15) is 13.2 Å². The molecule has 0 aromatic heterocycles. The molecule has 0 amide bonds. The molecule has 1 aliphatic rings. The van der Waals surface area contributed by atoms with Crippen LogP contribution < -0.4 is 5.73 Å². The molecule has 1 fully saturated rings. The van der Waals surface area contributed by atoms with Gasteiger partial charge in [-0.15, -0.1) is 0 Å². The molecule has 94 valence electrons. The van der Waals surface area contributed by atoms with Crippen LogP contribution in [0.25, 0.3) is 0 Å². The lowest BCUT2D eigenvalue weighted by Crippen LogP contribution is -2.24. The average Bonchev–Trinajstić information content (AvgIpc) is 2.90. The number of hydrogen-bond donors (Lipinski definition) is 1. The van der Waals surface area contributed by atoms with Gasteiger partial charge in [0, 0.05) is 11.5 Å². The highest BCUT2D eigenvalue weighted by atomic mass is 19.4. The second-order valence-corrected chi connectivity index (χ2v) is 5.08. The Morgan fingerprint density at radius 3 is 2.00 bits per heavy atom. The van der Waals surface area contributed by atoms with E-state index in [1.807, 2.05) is 0 Å². The number of rotatable bonds is 2. The summed E-state index contributed by atoms with van der Waals surface area (Å²) in [4.78, 5) is 0. The smallest absolute Gasteiger partial charge is 0.327 e. The molecule has 1 saturated carbocycles. The third-order valence-corrected chi connectivity index (χ3v) is 3.84. The third-order valence-electron chi connectivity index (χ3n) is 3.84. The molecule has 4 heteroatoms. The fraction of sp³-hybridized carbons (Fsp3) is 0.538. The van der Waals surface area contributed by atoms with Crippen LogP contribution >= 0.6 is 0 Å². The highest BCUT2D eigenvalue weighted by Gasteiger charge is 2.55. The lowest BCUT2D eigenvalue weighted by Gasteiger charge is -2.22. The van der Waals surface area contributed by atoms with Gasteiger partial charge in [-0.1, -0.05) is 26.0 Å². The predicted octanol–water partition coefficient (Wildman–Crippen LogP) is 3.33. The van der Waals surface area contributed by atoms with Gasteiger partial charge in [0.1, 0.15) is 0 Å². The molecular formula is C13H16F3N. The van der Waals surface area contributed by atoms with E-state index in [-0.39, 0.29) is 11.5 Å². The molecule has 0 bridgehead atoms. The Morgan fingerprint density at radius 1 is 1.24 bits per heavy atom. The number of nitrogens with two attached hydrogens (primary N) is 1. The molecule has 1 aromatic rings. The molecule has 2 rings (SSSR count). The summed E-state index contributed by atoms with van der Waals surface area (Å²) in [5, 5.41) is 0. The minimum Gasteiger partial charge on any atom is -0.327 e. The topological polar surface area (TPSA) is 26.0 Å². The van der Waals surface area contributed by atoms with Crippen molar-refractivity contribution in [3.63, 3.8) is 0 Å². The quantitative estimate of drug-likeness (QED) is 0.847. The monoisotopic (exact) mass is 243 g/mol. The summed E-state index contributed by atoms with van der Waals surface area (Å²) in [7, 11) is 0. The fourth-order valence-corrected chi connectivity index (χ4v) is 2.60. The van der Waals surface area contributed by atoms with Gasteiger partial charge in [-0.05, 0) is 30.0 Å². The Morgan fingerprint density at radius 2 is 1.71 bits per heavy atom. The van der Waals surface area contributed by atoms with Crippen molar-refractivity contribution in [2.75, 3.05) is 0 Å². The van der Waals surface area contributed by atoms with Gasteiger partial charge in [-0.2, -0.15) is 13.2 Å². The second-order valence-electron chi connectivity index (χ2n) is 5.08. The van der Waals surface area contributed by atoms with Gasteiger partial charge in [0.2, 0.25) is 0 Å². The molecule has 1 aliphatic carbocycles. The minimum absolute atomic E-state index is 0.0687. The first-order valence-electron chi connectivity index (χ1n) is 5.72. The van der Waals surface area contributed by atoms with Crippen molar-refractivity contribution < 1.29 is 13.2 Å². The van der Waals surface area contributed by atoms with Crippen LogP contribution in [0.4, 0.5) is 13.2 Å². The van der Waals surface area contributed by atoms with Gasteiger partial charge in [0.05, 0.1) is 5.56 Å². The number of hydrogen-bond acceptors (Lipinski definition) is 1. The summed E-state index contributed by atoms with van der Waals surface area (Å²) in [6, 6.07) is 5.49. The zero-order chi connectivity index (χ0) is 12.8. The minimum atomic E-state index is -4.27. The first kappa shape index (κ1) is 12.4. The van der Waals surface area contributed by atoms with Crippen LogP contribution in [0.1, 0.15) is 31.4 Å². The first-order valence-corrected chi connectivity index (χ1v) is 5.72. The van der Waals surface area contributed by atoms with Gasteiger partial charge >= 0.3 is 6.18 Å². The molecule has 0 aliphatic heterocycles. The fourth-order valence-electron chi connectivity index (χ4n) is 2.60. The first-order chi connectivity index (χ1) is 7.78. The van der Waals surface area contributed by atoms with Crippen LogP contribution in [0.2, 0.25) is 0 Å². The van der Waals surface area contributed by atoms with Gasteiger partial charge in [0.25, 0.3) is 0 Å². The molecule has 0 heterocycles. The Hall–Kier alpha value is -1.03. The van der Waals surface area contributed by atoms with E-state index in [0.29, 0.717) is 5.92 Å². The zero-order valence-electron chi connectivity index (χ0n) is 9.88. The molecule has 0 spiro atoms.